The van der Waals surface area contributed by atoms with Crippen LogP contribution in [0.2, 0.25) is 0 Å². The smallest absolute Gasteiger partial charge is 0 e. The largest absolute Gasteiger partial charge is 0.504 e. The average molecular weight is 302 g/mol. The van der Waals surface area contributed by atoms with Crippen molar-refractivity contribution in [1.29, 1.82) is 0 Å². The van der Waals surface area contributed by atoms with Crippen LogP contribution in [0.5, 0.6) is 0 Å². The summed E-state index contributed by atoms with van der Waals surface area (Å²) in [5, 5.41) is 0. The third-order valence-electron chi connectivity index (χ3n) is 0.658. The molecule has 0 amide bonds. The first kappa shape index (κ1) is 23.0. The summed E-state index contributed by atoms with van der Waals surface area (Å²) in [4.78, 5) is 0. The van der Waals surface area contributed by atoms with Crippen LogP contribution in [0.3, 0.4) is 0 Å². The molecule has 0 rings (SSSR count). The van der Waals surface area contributed by atoms with Gasteiger partial charge in [-0.25, -0.2) is 0 Å². The van der Waals surface area contributed by atoms with Crippen molar-refractivity contribution in [3.05, 3.63) is 25.3 Å². The Hall–Kier alpha value is 1.69. The van der Waals surface area contributed by atoms with Crippen LogP contribution in [0.1, 0.15) is 27.2 Å². The molecule has 0 heterocycles. The molecule has 0 aromatic heterocycles. The fraction of sp³-hybridized carbons (Fsp3) is 0.556. The minimum atomic E-state index is 0. The molecule has 0 saturated carbocycles. The number of allylic oxidation sites excluding steroid dienone is 2. The van der Waals surface area contributed by atoms with Crippen LogP contribution in [0.4, 0.5) is 0 Å². The summed E-state index contributed by atoms with van der Waals surface area (Å²) in [6.07, 6.45) is 6.42. The van der Waals surface area contributed by atoms with Gasteiger partial charge in [-0.1, -0.05) is 20.8 Å². The van der Waals surface area contributed by atoms with Crippen molar-refractivity contribution in [2.75, 3.05) is 0 Å². The summed E-state index contributed by atoms with van der Waals surface area (Å²) in [5.74, 6) is 0.523. The molecular formula is C9H16Y2-2. The average Bonchev–Trinajstić information content (AvgIpc) is 1.89. The van der Waals surface area contributed by atoms with Crippen LogP contribution >= 0.6 is 0 Å². The zero-order valence-corrected chi connectivity index (χ0v) is 13.5. The maximum Gasteiger partial charge on any atom is 0 e. The SMILES string of the molecule is C=[C-]C(C)C.C=[C-]CC.[Y].[Y]. The molecule has 0 N–H and O–H groups in total. The number of hydrogen-bond acceptors (Lipinski definition) is 0. The topological polar surface area (TPSA) is 0 Å². The van der Waals surface area contributed by atoms with E-state index in [9.17, 15) is 0 Å². The third kappa shape index (κ3) is 49.9. The zero-order valence-electron chi connectivity index (χ0n) is 7.85. The predicted molar refractivity (Wildman–Crippen MR) is 42.9 cm³/mol. The van der Waals surface area contributed by atoms with E-state index in [0.717, 1.165) is 6.42 Å². The van der Waals surface area contributed by atoms with Crippen molar-refractivity contribution in [1.82, 2.24) is 0 Å². The second-order valence-corrected chi connectivity index (χ2v) is 1.96. The van der Waals surface area contributed by atoms with Crippen LogP contribution in [0.15, 0.2) is 13.2 Å². The Morgan fingerprint density at radius 3 is 1.36 bits per heavy atom. The summed E-state index contributed by atoms with van der Waals surface area (Å²) in [6.45, 7) is 12.9. The maximum absolute atomic E-state index is 3.44. The van der Waals surface area contributed by atoms with Gasteiger partial charge < -0.3 is 12.2 Å². The van der Waals surface area contributed by atoms with E-state index in [4.69, 9.17) is 0 Å². The minimum absolute atomic E-state index is 0. The molecule has 0 atom stereocenters. The van der Waals surface area contributed by atoms with Gasteiger partial charge in [0.1, 0.15) is 0 Å². The fourth-order valence-corrected chi connectivity index (χ4v) is 0. The first-order valence-electron chi connectivity index (χ1n) is 3.21. The Kier molecular flexibility index (Phi) is 47.2. The van der Waals surface area contributed by atoms with Gasteiger partial charge in [0, 0.05) is 65.4 Å². The molecule has 0 aromatic rings. The van der Waals surface area contributed by atoms with Crippen molar-refractivity contribution in [3.63, 3.8) is 0 Å². The van der Waals surface area contributed by atoms with Crippen LogP contribution in [-0.2, 0) is 65.4 Å². The monoisotopic (exact) mass is 302 g/mol. The Morgan fingerprint density at radius 1 is 1.18 bits per heavy atom. The van der Waals surface area contributed by atoms with Crippen molar-refractivity contribution in [2.24, 2.45) is 5.92 Å². The van der Waals surface area contributed by atoms with E-state index in [1.165, 1.54) is 0 Å². The Bertz CT molecular complexity index is 68.0. The van der Waals surface area contributed by atoms with Gasteiger partial charge in [-0.2, -0.15) is 12.3 Å². The minimum Gasteiger partial charge on any atom is -0.504 e. The van der Waals surface area contributed by atoms with E-state index in [2.05, 4.69) is 25.3 Å². The second kappa shape index (κ2) is 22.6. The number of hydrogen-bond donors (Lipinski definition) is 0. The molecule has 60 valence electrons. The quantitative estimate of drug-likeness (QED) is 0.688. The molecule has 2 heteroatoms. The summed E-state index contributed by atoms with van der Waals surface area (Å²) in [6, 6.07) is 0. The Morgan fingerprint density at radius 2 is 1.36 bits per heavy atom. The van der Waals surface area contributed by atoms with Crippen molar-refractivity contribution < 1.29 is 65.4 Å². The molecule has 0 spiro atoms. The van der Waals surface area contributed by atoms with Gasteiger partial charge in [0.2, 0.25) is 0 Å². The molecule has 2 radical (unpaired) electrons. The molecule has 0 aliphatic carbocycles. The molecular weight excluding hydrogens is 286 g/mol. The summed E-state index contributed by atoms with van der Waals surface area (Å²) in [5.41, 5.74) is 0. The van der Waals surface area contributed by atoms with Gasteiger partial charge in [0.25, 0.3) is 0 Å². The van der Waals surface area contributed by atoms with Gasteiger partial charge in [-0.05, 0) is 0 Å². The summed E-state index contributed by atoms with van der Waals surface area (Å²) >= 11 is 0. The molecule has 0 bridgehead atoms. The molecule has 0 unspecified atom stereocenters. The summed E-state index contributed by atoms with van der Waals surface area (Å²) in [7, 11) is 0. The Labute approximate surface area is 122 Å². The van der Waals surface area contributed by atoms with E-state index in [1.54, 1.807) is 0 Å². The van der Waals surface area contributed by atoms with Gasteiger partial charge >= 0.3 is 0 Å². The van der Waals surface area contributed by atoms with E-state index in [0.29, 0.717) is 5.92 Å². The third-order valence-corrected chi connectivity index (χ3v) is 0.658. The van der Waals surface area contributed by atoms with Crippen molar-refractivity contribution in [2.45, 2.75) is 27.2 Å². The standard InChI is InChI=1S/C5H9.C4H7.2Y/c1-4-5(2)3;1-3-4-2;;/h5H,1H2,2-3H3;1,4H2,2H3;;/q2*-1;;. The molecule has 11 heavy (non-hydrogen) atoms. The van der Waals surface area contributed by atoms with E-state index >= 15 is 0 Å². The van der Waals surface area contributed by atoms with Gasteiger partial charge in [-0.15, -0.1) is 0 Å². The zero-order chi connectivity index (χ0) is 7.70. The molecule has 0 aliphatic rings. The second-order valence-electron chi connectivity index (χ2n) is 1.96. The fourth-order valence-electron chi connectivity index (χ4n) is 0. The van der Waals surface area contributed by atoms with Crippen LogP contribution in [0.25, 0.3) is 0 Å². The van der Waals surface area contributed by atoms with E-state index in [1.807, 2.05) is 20.8 Å². The van der Waals surface area contributed by atoms with Gasteiger partial charge in [0.15, 0.2) is 0 Å². The Balaban J connectivity index is -0.0000000383. The van der Waals surface area contributed by atoms with Gasteiger partial charge in [0.05, 0.1) is 0 Å². The maximum atomic E-state index is 3.44. The van der Waals surface area contributed by atoms with E-state index < -0.39 is 0 Å². The van der Waals surface area contributed by atoms with Gasteiger partial charge in [-0.3, -0.25) is 13.2 Å². The first-order valence-corrected chi connectivity index (χ1v) is 3.21. The first-order chi connectivity index (χ1) is 4.18. The predicted octanol–water partition coefficient (Wildman–Crippen LogP) is 3.01. The summed E-state index contributed by atoms with van der Waals surface area (Å²) < 4.78 is 0. The van der Waals surface area contributed by atoms with Crippen LogP contribution in [0, 0.1) is 18.1 Å². The molecule has 0 fully saturated rings. The molecule has 0 aromatic carbocycles. The number of rotatable bonds is 2. The normalized spacial score (nSPS) is 6.18. The van der Waals surface area contributed by atoms with Crippen molar-refractivity contribution >= 4 is 0 Å². The molecule has 0 nitrogen and oxygen atoms in total. The van der Waals surface area contributed by atoms with E-state index in [-0.39, 0.29) is 65.4 Å². The molecule has 0 saturated heterocycles. The molecule has 0 aliphatic heterocycles. The van der Waals surface area contributed by atoms with Crippen molar-refractivity contribution in [3.8, 4) is 0 Å². The van der Waals surface area contributed by atoms with Crippen LogP contribution < -0.4 is 0 Å². The van der Waals surface area contributed by atoms with Crippen LogP contribution in [-0.4, -0.2) is 0 Å².